The number of aromatic nitrogens is 1. The van der Waals surface area contributed by atoms with Gasteiger partial charge in [-0.25, -0.2) is 4.98 Å². The number of hydrogen-bond acceptors (Lipinski definition) is 4. The van der Waals surface area contributed by atoms with Crippen LogP contribution in [0.5, 0.6) is 0 Å². The molecular weight excluding hydrogens is 326 g/mol. The third-order valence-electron chi connectivity index (χ3n) is 2.60. The molecule has 1 aromatic heterocycles. The maximum absolute atomic E-state index is 12.2. The van der Waals surface area contributed by atoms with Crippen LogP contribution in [0.4, 0.5) is 0 Å². The number of carbonyl (C=O) groups excluding carboxylic acids is 1. The van der Waals surface area contributed by atoms with Crippen molar-refractivity contribution in [2.45, 2.75) is 13.1 Å². The fourth-order valence-electron chi connectivity index (χ4n) is 1.68. The van der Waals surface area contributed by atoms with E-state index in [1.807, 2.05) is 24.3 Å². The molecule has 0 bridgehead atoms. The minimum absolute atomic E-state index is 0.0871. The van der Waals surface area contributed by atoms with Gasteiger partial charge in [0.15, 0.2) is 0 Å². The molecule has 2 rings (SSSR count). The van der Waals surface area contributed by atoms with Gasteiger partial charge in [-0.05, 0) is 17.7 Å². The van der Waals surface area contributed by atoms with Crippen LogP contribution in [-0.2, 0) is 13.1 Å². The van der Waals surface area contributed by atoms with Gasteiger partial charge in [0.25, 0.3) is 5.91 Å². The van der Waals surface area contributed by atoms with Gasteiger partial charge < -0.3 is 10.6 Å². The molecular formula is C13H14BrN3OS. The molecule has 100 valence electrons. The van der Waals surface area contributed by atoms with Crippen LogP contribution in [0.2, 0.25) is 0 Å². The van der Waals surface area contributed by atoms with Crippen molar-refractivity contribution in [1.82, 2.24) is 9.88 Å². The topological polar surface area (TPSA) is 59.2 Å². The summed E-state index contributed by atoms with van der Waals surface area (Å²) < 4.78 is 1.00. The van der Waals surface area contributed by atoms with E-state index in [0.29, 0.717) is 18.8 Å². The van der Waals surface area contributed by atoms with Crippen LogP contribution in [0.1, 0.15) is 21.1 Å². The van der Waals surface area contributed by atoms with E-state index in [4.69, 9.17) is 5.73 Å². The van der Waals surface area contributed by atoms with Gasteiger partial charge in [0.05, 0.1) is 0 Å². The van der Waals surface area contributed by atoms with Crippen LogP contribution in [0, 0.1) is 0 Å². The zero-order valence-corrected chi connectivity index (χ0v) is 12.9. The lowest BCUT2D eigenvalue weighted by Crippen LogP contribution is -2.26. The van der Waals surface area contributed by atoms with Crippen molar-refractivity contribution < 1.29 is 4.79 Å². The van der Waals surface area contributed by atoms with E-state index in [2.05, 4.69) is 20.9 Å². The highest BCUT2D eigenvalue weighted by molar-refractivity contribution is 9.10. The number of nitrogens with two attached hydrogens (primary N) is 1. The second kappa shape index (κ2) is 6.27. The van der Waals surface area contributed by atoms with Crippen molar-refractivity contribution in [3.05, 3.63) is 50.4 Å². The number of carbonyl (C=O) groups is 1. The normalized spacial score (nSPS) is 10.5. The monoisotopic (exact) mass is 339 g/mol. The lowest BCUT2D eigenvalue weighted by atomic mass is 10.2. The molecule has 1 amide bonds. The molecule has 1 heterocycles. The van der Waals surface area contributed by atoms with Crippen LogP contribution in [0.3, 0.4) is 0 Å². The predicted molar refractivity (Wildman–Crippen MR) is 79.9 cm³/mol. The maximum atomic E-state index is 12.2. The first-order valence-electron chi connectivity index (χ1n) is 5.74. The molecule has 0 aliphatic heterocycles. The van der Waals surface area contributed by atoms with Gasteiger partial charge in [-0.3, -0.25) is 4.79 Å². The number of rotatable bonds is 4. The van der Waals surface area contributed by atoms with Gasteiger partial charge in [0.2, 0.25) is 0 Å². The van der Waals surface area contributed by atoms with Crippen LogP contribution in [0.25, 0.3) is 0 Å². The molecule has 0 radical (unpaired) electrons. The van der Waals surface area contributed by atoms with E-state index in [9.17, 15) is 4.79 Å². The summed E-state index contributed by atoms with van der Waals surface area (Å²) in [6, 6.07) is 7.89. The minimum Gasteiger partial charge on any atom is -0.336 e. The summed E-state index contributed by atoms with van der Waals surface area (Å²) in [6.45, 7) is 0.918. The number of benzene rings is 1. The van der Waals surface area contributed by atoms with Crippen LogP contribution >= 0.6 is 27.3 Å². The summed E-state index contributed by atoms with van der Waals surface area (Å²) in [6.07, 6.45) is 0. The molecule has 0 atom stereocenters. The molecule has 0 aliphatic carbocycles. The van der Waals surface area contributed by atoms with Crippen molar-refractivity contribution in [2.75, 3.05) is 7.05 Å². The Morgan fingerprint density at radius 3 is 2.95 bits per heavy atom. The molecule has 1 aromatic carbocycles. The highest BCUT2D eigenvalue weighted by Gasteiger charge is 2.15. The quantitative estimate of drug-likeness (QED) is 0.931. The molecule has 0 saturated carbocycles. The van der Waals surface area contributed by atoms with Crippen LogP contribution in [-0.4, -0.2) is 22.8 Å². The Labute approximate surface area is 124 Å². The summed E-state index contributed by atoms with van der Waals surface area (Å²) in [5, 5.41) is 2.53. The zero-order valence-electron chi connectivity index (χ0n) is 10.5. The Morgan fingerprint density at radius 2 is 2.32 bits per heavy atom. The molecule has 19 heavy (non-hydrogen) atoms. The van der Waals surface area contributed by atoms with E-state index < -0.39 is 0 Å². The largest absolute Gasteiger partial charge is 0.336 e. The number of amides is 1. The SMILES string of the molecule is CN(Cc1cccc(Br)c1)C(=O)c1csc(CN)n1. The van der Waals surface area contributed by atoms with Crippen molar-refractivity contribution in [3.63, 3.8) is 0 Å². The van der Waals surface area contributed by atoms with Gasteiger partial charge >= 0.3 is 0 Å². The van der Waals surface area contributed by atoms with Crippen molar-refractivity contribution in [2.24, 2.45) is 5.73 Å². The maximum Gasteiger partial charge on any atom is 0.273 e. The predicted octanol–water partition coefficient (Wildman–Crippen LogP) is 2.64. The summed E-state index contributed by atoms with van der Waals surface area (Å²) in [5.41, 5.74) is 7.03. The van der Waals surface area contributed by atoms with Gasteiger partial charge in [-0.2, -0.15) is 0 Å². The first kappa shape index (κ1) is 14.2. The molecule has 0 fully saturated rings. The first-order valence-corrected chi connectivity index (χ1v) is 7.42. The van der Waals surface area contributed by atoms with E-state index >= 15 is 0 Å². The number of halogens is 1. The van der Waals surface area contributed by atoms with Gasteiger partial charge in [-0.1, -0.05) is 28.1 Å². The van der Waals surface area contributed by atoms with E-state index in [1.165, 1.54) is 11.3 Å². The second-order valence-electron chi connectivity index (χ2n) is 4.12. The van der Waals surface area contributed by atoms with Crippen molar-refractivity contribution >= 4 is 33.2 Å². The van der Waals surface area contributed by atoms with Crippen molar-refractivity contribution in [3.8, 4) is 0 Å². The fraction of sp³-hybridized carbons (Fsp3) is 0.231. The number of thiazole rings is 1. The van der Waals surface area contributed by atoms with Crippen molar-refractivity contribution in [1.29, 1.82) is 0 Å². The summed E-state index contributed by atoms with van der Waals surface area (Å²) in [5.74, 6) is -0.0871. The second-order valence-corrected chi connectivity index (χ2v) is 5.98. The van der Waals surface area contributed by atoms with Gasteiger partial charge in [0, 0.05) is 30.0 Å². The Morgan fingerprint density at radius 1 is 1.53 bits per heavy atom. The van der Waals surface area contributed by atoms with Crippen LogP contribution < -0.4 is 5.73 Å². The molecule has 0 aliphatic rings. The minimum atomic E-state index is -0.0871. The van der Waals surface area contributed by atoms with E-state index in [1.54, 1.807) is 17.3 Å². The number of nitrogens with zero attached hydrogens (tertiary/aromatic N) is 2. The molecule has 0 unspecified atom stereocenters. The zero-order chi connectivity index (χ0) is 13.8. The third-order valence-corrected chi connectivity index (χ3v) is 3.97. The standard InChI is InChI=1S/C13H14BrN3OS/c1-17(7-9-3-2-4-10(14)5-9)13(18)11-8-19-12(6-15)16-11/h2-5,8H,6-7,15H2,1H3. The van der Waals surface area contributed by atoms with Gasteiger partial charge in [-0.15, -0.1) is 11.3 Å². The number of hydrogen-bond donors (Lipinski definition) is 1. The highest BCUT2D eigenvalue weighted by atomic mass is 79.9. The third kappa shape index (κ3) is 3.62. The van der Waals surface area contributed by atoms with Gasteiger partial charge in [0.1, 0.15) is 10.7 Å². The fourth-order valence-corrected chi connectivity index (χ4v) is 2.77. The summed E-state index contributed by atoms with van der Waals surface area (Å²) in [4.78, 5) is 18.0. The lowest BCUT2D eigenvalue weighted by molar-refractivity contribution is 0.0780. The Kier molecular flexibility index (Phi) is 4.68. The molecule has 4 nitrogen and oxygen atoms in total. The average Bonchev–Trinajstić information content (AvgIpc) is 2.86. The molecule has 6 heteroatoms. The summed E-state index contributed by atoms with van der Waals surface area (Å²) >= 11 is 4.83. The Bertz CT molecular complexity index is 585. The molecule has 2 N–H and O–H groups in total. The van der Waals surface area contributed by atoms with E-state index in [-0.39, 0.29) is 5.91 Å². The average molecular weight is 340 g/mol. The highest BCUT2D eigenvalue weighted by Crippen LogP contribution is 2.15. The molecule has 0 saturated heterocycles. The first-order chi connectivity index (χ1) is 9.10. The Balaban J connectivity index is 2.07. The Hall–Kier alpha value is -1.24. The van der Waals surface area contributed by atoms with E-state index in [0.717, 1.165) is 15.0 Å². The van der Waals surface area contributed by atoms with Crippen LogP contribution in [0.15, 0.2) is 34.1 Å². The molecule has 0 spiro atoms. The summed E-state index contributed by atoms with van der Waals surface area (Å²) in [7, 11) is 1.77. The lowest BCUT2D eigenvalue weighted by Gasteiger charge is -2.16. The smallest absolute Gasteiger partial charge is 0.273 e. The molecule has 2 aromatic rings.